The molecular formula is C27H49ClN4OSi2. The second kappa shape index (κ2) is 12.8. The van der Waals surface area contributed by atoms with Crippen LogP contribution >= 0.6 is 0 Å². The highest BCUT2D eigenvalue weighted by atomic mass is 35.5. The average Bonchev–Trinajstić information content (AvgIpc) is 3.37. The maximum absolute atomic E-state index is 6.75. The van der Waals surface area contributed by atoms with E-state index in [0.29, 0.717) is 6.10 Å². The standard InChI is InChI=1S/C27H49N4OSi2.ClH/c1-29-14-15-30(22-29)12-8-16-32-26-9-13-31(21-26)25-19-23(10-17-33(2,3)4)27(28)24(20-25)11-18-34(5,6)7;/h14-15,19-20,22,26H,8-13,16-18,21,28H2,1-7H3;1H/q+1;/p-1. The molecule has 0 bridgehead atoms. The first-order valence-corrected chi connectivity index (χ1v) is 20.6. The molecule has 0 amide bonds. The molecule has 0 spiro atoms. The van der Waals surface area contributed by atoms with Crippen LogP contribution in [0.25, 0.3) is 0 Å². The number of rotatable bonds is 12. The molecule has 1 unspecified atom stereocenters. The number of halogens is 1. The quantitative estimate of drug-likeness (QED) is 0.196. The Kier molecular flexibility index (Phi) is 10.9. The Morgan fingerprint density at radius 2 is 1.63 bits per heavy atom. The molecule has 2 N–H and O–H groups in total. The maximum Gasteiger partial charge on any atom is 0.243 e. The van der Waals surface area contributed by atoms with Crippen LogP contribution in [0.2, 0.25) is 51.4 Å². The Morgan fingerprint density at radius 1 is 1.03 bits per heavy atom. The van der Waals surface area contributed by atoms with Crippen LogP contribution < -0.4 is 27.6 Å². The van der Waals surface area contributed by atoms with Crippen LogP contribution in [0.15, 0.2) is 30.9 Å². The second-order valence-corrected chi connectivity index (χ2v) is 23.9. The van der Waals surface area contributed by atoms with E-state index in [9.17, 15) is 0 Å². The Labute approximate surface area is 222 Å². The third kappa shape index (κ3) is 9.94. The van der Waals surface area contributed by atoms with Gasteiger partial charge in [-0.25, -0.2) is 9.13 Å². The van der Waals surface area contributed by atoms with Crippen molar-refractivity contribution in [1.82, 2.24) is 4.57 Å². The molecule has 1 aromatic carbocycles. The van der Waals surface area contributed by atoms with Crippen molar-refractivity contribution in [3.05, 3.63) is 42.0 Å². The number of imidazole rings is 1. The fourth-order valence-electron chi connectivity index (χ4n) is 4.61. The minimum Gasteiger partial charge on any atom is -1.00 e. The normalized spacial score (nSPS) is 16.5. The maximum atomic E-state index is 6.75. The van der Waals surface area contributed by atoms with E-state index in [4.69, 9.17) is 10.5 Å². The molecule has 1 saturated heterocycles. The van der Waals surface area contributed by atoms with Gasteiger partial charge in [0.05, 0.1) is 26.3 Å². The van der Waals surface area contributed by atoms with Gasteiger partial charge in [-0.05, 0) is 42.5 Å². The van der Waals surface area contributed by atoms with E-state index in [1.807, 2.05) is 0 Å². The molecule has 1 aliphatic rings. The summed E-state index contributed by atoms with van der Waals surface area (Å²) in [6.07, 6.45) is 11.0. The molecule has 5 nitrogen and oxygen atoms in total. The predicted octanol–water partition coefficient (Wildman–Crippen LogP) is 2.35. The molecule has 1 aliphatic heterocycles. The zero-order valence-corrected chi connectivity index (χ0v) is 26.0. The second-order valence-electron chi connectivity index (χ2n) is 12.7. The van der Waals surface area contributed by atoms with Crippen molar-refractivity contribution in [1.29, 1.82) is 0 Å². The number of anilines is 2. The number of hydrogen-bond donors (Lipinski definition) is 1. The van der Waals surface area contributed by atoms with Crippen molar-refractivity contribution >= 4 is 27.5 Å². The summed E-state index contributed by atoms with van der Waals surface area (Å²) in [6, 6.07) is 7.36. The van der Waals surface area contributed by atoms with Crippen molar-refractivity contribution in [3.63, 3.8) is 0 Å². The van der Waals surface area contributed by atoms with Crippen LogP contribution in [0.5, 0.6) is 0 Å². The van der Waals surface area contributed by atoms with E-state index in [0.717, 1.165) is 57.6 Å². The van der Waals surface area contributed by atoms with Crippen molar-refractivity contribution in [2.75, 3.05) is 30.3 Å². The minimum absolute atomic E-state index is 0. The van der Waals surface area contributed by atoms with Gasteiger partial charge in [0.1, 0.15) is 12.4 Å². The van der Waals surface area contributed by atoms with Crippen LogP contribution in [-0.2, 0) is 31.2 Å². The van der Waals surface area contributed by atoms with E-state index in [1.54, 1.807) is 0 Å². The van der Waals surface area contributed by atoms with Gasteiger partial charge in [0, 0.05) is 47.0 Å². The smallest absolute Gasteiger partial charge is 0.243 e. The molecule has 1 fully saturated rings. The summed E-state index contributed by atoms with van der Waals surface area (Å²) in [7, 11) is -0.172. The monoisotopic (exact) mass is 536 g/mol. The highest BCUT2D eigenvalue weighted by Crippen LogP contribution is 2.32. The first-order valence-electron chi connectivity index (χ1n) is 13.2. The summed E-state index contributed by atoms with van der Waals surface area (Å²) < 4.78 is 10.6. The van der Waals surface area contributed by atoms with Crippen molar-refractivity contribution in [3.8, 4) is 0 Å². The number of hydrogen-bond acceptors (Lipinski definition) is 3. The third-order valence-corrected chi connectivity index (χ3v) is 10.4. The molecule has 8 heteroatoms. The van der Waals surface area contributed by atoms with E-state index in [-0.39, 0.29) is 12.4 Å². The van der Waals surface area contributed by atoms with Crippen LogP contribution in [-0.4, -0.2) is 46.5 Å². The zero-order valence-electron chi connectivity index (χ0n) is 23.2. The Balaban J connectivity index is 0.00000432. The summed E-state index contributed by atoms with van der Waals surface area (Å²) in [5.41, 5.74) is 11.9. The third-order valence-electron chi connectivity index (χ3n) is 6.87. The van der Waals surface area contributed by atoms with Gasteiger partial charge < -0.3 is 27.8 Å². The molecule has 0 radical (unpaired) electrons. The molecule has 198 valence electrons. The summed E-state index contributed by atoms with van der Waals surface area (Å²) >= 11 is 0. The number of ether oxygens (including phenoxy) is 1. The number of aryl methyl sites for hydroxylation is 4. The summed E-state index contributed by atoms with van der Waals surface area (Å²) in [4.78, 5) is 2.53. The van der Waals surface area contributed by atoms with E-state index >= 15 is 0 Å². The van der Waals surface area contributed by atoms with Gasteiger partial charge in [-0.2, -0.15) is 0 Å². The van der Waals surface area contributed by atoms with Crippen LogP contribution in [0.4, 0.5) is 11.4 Å². The average molecular weight is 537 g/mol. The molecule has 1 atom stereocenters. The molecular weight excluding hydrogens is 488 g/mol. The molecule has 0 saturated carbocycles. The first kappa shape index (κ1) is 29.9. The van der Waals surface area contributed by atoms with Gasteiger partial charge in [0.25, 0.3) is 0 Å². The Morgan fingerprint density at radius 3 is 2.14 bits per heavy atom. The van der Waals surface area contributed by atoms with Gasteiger partial charge in [-0.3, -0.25) is 0 Å². The van der Waals surface area contributed by atoms with Gasteiger partial charge >= 0.3 is 0 Å². The molecule has 2 heterocycles. The molecule has 2 aromatic rings. The number of nitrogens with two attached hydrogens (primary N) is 1. The number of nitrogen functional groups attached to an aromatic ring is 1. The predicted molar refractivity (Wildman–Crippen MR) is 151 cm³/mol. The number of benzene rings is 1. The lowest BCUT2D eigenvalue weighted by molar-refractivity contribution is -0.671. The first-order chi connectivity index (χ1) is 15.9. The van der Waals surface area contributed by atoms with E-state index < -0.39 is 16.1 Å². The lowest BCUT2D eigenvalue weighted by atomic mass is 10.0. The van der Waals surface area contributed by atoms with Gasteiger partial charge in [0.2, 0.25) is 6.33 Å². The lowest BCUT2D eigenvalue weighted by Crippen LogP contribution is -3.00. The molecule has 0 aliphatic carbocycles. The van der Waals surface area contributed by atoms with Crippen LogP contribution in [0, 0.1) is 0 Å². The SMILES string of the molecule is C[n+]1ccn(CCCOC2CCN(c3cc(CC[Si](C)(C)C)c(N)c(CC[Si](C)(C)C)c3)C2)c1.[Cl-]. The van der Waals surface area contributed by atoms with E-state index in [2.05, 4.69) is 91.2 Å². The van der Waals surface area contributed by atoms with Gasteiger partial charge in [-0.15, -0.1) is 0 Å². The van der Waals surface area contributed by atoms with Crippen molar-refractivity contribution in [2.45, 2.75) is 89.7 Å². The molecule has 1 aromatic heterocycles. The molecule has 35 heavy (non-hydrogen) atoms. The zero-order chi connectivity index (χ0) is 24.9. The van der Waals surface area contributed by atoms with Gasteiger partial charge in [0.15, 0.2) is 0 Å². The highest BCUT2D eigenvalue weighted by molar-refractivity contribution is 6.76. The van der Waals surface area contributed by atoms with E-state index in [1.165, 1.54) is 28.9 Å². The van der Waals surface area contributed by atoms with Crippen molar-refractivity contribution in [2.24, 2.45) is 7.05 Å². The summed E-state index contributed by atoms with van der Waals surface area (Å²) in [5.74, 6) is 0. The number of nitrogens with zero attached hydrogens (tertiary/aromatic N) is 3. The summed E-state index contributed by atoms with van der Waals surface area (Å²) in [6.45, 7) is 18.6. The van der Waals surface area contributed by atoms with Crippen LogP contribution in [0.3, 0.4) is 0 Å². The Hall–Kier alpha value is -1.29. The van der Waals surface area contributed by atoms with Gasteiger partial charge in [-0.1, -0.05) is 51.4 Å². The highest BCUT2D eigenvalue weighted by Gasteiger charge is 2.25. The fourth-order valence-corrected chi connectivity index (χ4v) is 6.64. The van der Waals surface area contributed by atoms with Crippen LogP contribution in [0.1, 0.15) is 24.0 Å². The minimum atomic E-state index is -1.12. The topological polar surface area (TPSA) is 47.3 Å². The number of aromatic nitrogens is 2. The Bertz CT molecular complexity index is 897. The largest absolute Gasteiger partial charge is 1.00 e. The fraction of sp³-hybridized carbons (Fsp3) is 0.667. The van der Waals surface area contributed by atoms with Crippen molar-refractivity contribution < 1.29 is 21.7 Å². The molecule has 3 rings (SSSR count). The lowest BCUT2D eigenvalue weighted by Gasteiger charge is -2.24. The summed E-state index contributed by atoms with van der Waals surface area (Å²) in [5, 5.41) is 0.